The van der Waals surface area contributed by atoms with Crippen molar-refractivity contribution in [1.29, 1.82) is 0 Å². The van der Waals surface area contributed by atoms with Gasteiger partial charge in [0.25, 0.3) is 0 Å². The number of anilines is 2. The number of rotatable bonds is 3. The largest absolute Gasteiger partial charge is 0.323 e. The summed E-state index contributed by atoms with van der Waals surface area (Å²) in [6.45, 7) is 2.01. The molecular formula is C10H13N5. The van der Waals surface area contributed by atoms with Crippen molar-refractivity contribution in [3.63, 3.8) is 0 Å². The molecule has 0 unspecified atom stereocenters. The summed E-state index contributed by atoms with van der Waals surface area (Å²) in [4.78, 5) is 4.46. The van der Waals surface area contributed by atoms with Crippen LogP contribution in [0.2, 0.25) is 0 Å². The summed E-state index contributed by atoms with van der Waals surface area (Å²) in [5.41, 5.74) is 2.00. The Hall–Kier alpha value is -1.78. The predicted molar refractivity (Wildman–Crippen MR) is 57.1 cm³/mol. The van der Waals surface area contributed by atoms with E-state index in [1.807, 2.05) is 13.1 Å². The summed E-state index contributed by atoms with van der Waals surface area (Å²) < 4.78 is 2.21. The highest BCUT2D eigenvalue weighted by molar-refractivity contribution is 5.51. The van der Waals surface area contributed by atoms with Crippen LogP contribution in [0, 0.1) is 6.92 Å². The molecule has 78 valence electrons. The minimum Gasteiger partial charge on any atom is -0.323 e. The molecule has 0 aliphatic heterocycles. The molecule has 2 aromatic heterocycles. The molecule has 0 atom stereocenters. The first-order valence-corrected chi connectivity index (χ1v) is 5.14. The molecule has 0 amide bonds. The molecule has 0 spiro atoms. The van der Waals surface area contributed by atoms with E-state index in [1.54, 1.807) is 6.20 Å². The van der Waals surface area contributed by atoms with Gasteiger partial charge in [-0.3, -0.25) is 5.10 Å². The van der Waals surface area contributed by atoms with Crippen LogP contribution in [0.5, 0.6) is 0 Å². The molecule has 15 heavy (non-hydrogen) atoms. The van der Waals surface area contributed by atoms with Gasteiger partial charge >= 0.3 is 0 Å². The summed E-state index contributed by atoms with van der Waals surface area (Å²) in [6, 6.07) is 0.639. The van der Waals surface area contributed by atoms with Crippen LogP contribution >= 0.6 is 0 Å². The summed E-state index contributed by atoms with van der Waals surface area (Å²) in [6.07, 6.45) is 8.19. The van der Waals surface area contributed by atoms with Gasteiger partial charge in [-0.15, -0.1) is 0 Å². The standard InChI is InChI=1S/C10H13N5/c1-7-6-15(9-2-3-9)10(13-7)14-8-4-11-12-5-8/h4-6,9H,2-3H2,1H3,(H,11,12)(H,13,14). The van der Waals surface area contributed by atoms with E-state index in [9.17, 15) is 0 Å². The molecule has 2 N–H and O–H groups in total. The molecule has 1 saturated carbocycles. The summed E-state index contributed by atoms with van der Waals surface area (Å²) >= 11 is 0. The molecular weight excluding hydrogens is 190 g/mol. The summed E-state index contributed by atoms with van der Waals surface area (Å²) in [5, 5.41) is 9.92. The smallest absolute Gasteiger partial charge is 0.207 e. The Kier molecular flexibility index (Phi) is 1.77. The Labute approximate surface area is 87.5 Å². The number of imidazole rings is 1. The highest BCUT2D eigenvalue weighted by Crippen LogP contribution is 2.37. The van der Waals surface area contributed by atoms with Crippen LogP contribution in [0.3, 0.4) is 0 Å². The van der Waals surface area contributed by atoms with Crippen molar-refractivity contribution in [3.8, 4) is 0 Å². The van der Waals surface area contributed by atoms with Gasteiger partial charge in [-0.05, 0) is 19.8 Å². The summed E-state index contributed by atoms with van der Waals surface area (Å²) in [7, 11) is 0. The fourth-order valence-electron chi connectivity index (χ4n) is 1.69. The Morgan fingerprint density at radius 1 is 1.53 bits per heavy atom. The van der Waals surface area contributed by atoms with E-state index in [0.29, 0.717) is 6.04 Å². The van der Waals surface area contributed by atoms with Crippen molar-refractivity contribution in [2.45, 2.75) is 25.8 Å². The van der Waals surface area contributed by atoms with Crippen LogP contribution in [0.15, 0.2) is 18.6 Å². The van der Waals surface area contributed by atoms with Crippen molar-refractivity contribution in [3.05, 3.63) is 24.3 Å². The predicted octanol–water partition coefficient (Wildman–Crippen LogP) is 1.99. The average Bonchev–Trinajstić information content (AvgIpc) is 2.81. The lowest BCUT2D eigenvalue weighted by Gasteiger charge is -2.05. The fourth-order valence-corrected chi connectivity index (χ4v) is 1.69. The average molecular weight is 203 g/mol. The molecule has 3 rings (SSSR count). The first kappa shape index (κ1) is 8.52. The first-order valence-electron chi connectivity index (χ1n) is 5.14. The number of hydrogen-bond acceptors (Lipinski definition) is 3. The second-order valence-corrected chi connectivity index (χ2v) is 3.96. The molecule has 5 nitrogen and oxygen atoms in total. The number of aromatic amines is 1. The second-order valence-electron chi connectivity index (χ2n) is 3.96. The number of aryl methyl sites for hydroxylation is 1. The lowest BCUT2D eigenvalue weighted by atomic mass is 10.5. The molecule has 0 saturated heterocycles. The van der Waals surface area contributed by atoms with Crippen LogP contribution in [0.1, 0.15) is 24.6 Å². The van der Waals surface area contributed by atoms with Crippen LogP contribution in [0.4, 0.5) is 11.6 Å². The normalized spacial score (nSPS) is 15.5. The fraction of sp³-hybridized carbons (Fsp3) is 0.400. The molecule has 1 fully saturated rings. The van der Waals surface area contributed by atoms with E-state index in [4.69, 9.17) is 0 Å². The van der Waals surface area contributed by atoms with Crippen molar-refractivity contribution >= 4 is 11.6 Å². The van der Waals surface area contributed by atoms with Crippen molar-refractivity contribution in [1.82, 2.24) is 19.7 Å². The van der Waals surface area contributed by atoms with Gasteiger partial charge in [-0.25, -0.2) is 4.98 Å². The number of H-pyrrole nitrogens is 1. The Bertz CT molecular complexity index is 452. The molecule has 0 aromatic carbocycles. The van der Waals surface area contributed by atoms with Crippen molar-refractivity contribution in [2.75, 3.05) is 5.32 Å². The van der Waals surface area contributed by atoms with Gasteiger partial charge in [0.15, 0.2) is 0 Å². The molecule has 5 heteroatoms. The van der Waals surface area contributed by atoms with Gasteiger partial charge < -0.3 is 9.88 Å². The molecule has 0 radical (unpaired) electrons. The molecule has 2 aromatic rings. The van der Waals surface area contributed by atoms with Crippen LogP contribution in [0.25, 0.3) is 0 Å². The quantitative estimate of drug-likeness (QED) is 0.802. The molecule has 1 aliphatic carbocycles. The third-order valence-corrected chi connectivity index (χ3v) is 2.55. The lowest BCUT2D eigenvalue weighted by Crippen LogP contribution is -2.00. The van der Waals surface area contributed by atoms with Gasteiger partial charge in [0.2, 0.25) is 5.95 Å². The third kappa shape index (κ3) is 1.60. The maximum Gasteiger partial charge on any atom is 0.207 e. The highest BCUT2D eigenvalue weighted by atomic mass is 15.2. The van der Waals surface area contributed by atoms with E-state index in [-0.39, 0.29) is 0 Å². The molecule has 1 aliphatic rings. The first-order chi connectivity index (χ1) is 7.33. The zero-order valence-corrected chi connectivity index (χ0v) is 8.57. The Balaban J connectivity index is 1.90. The van der Waals surface area contributed by atoms with E-state index in [0.717, 1.165) is 17.3 Å². The number of nitrogens with one attached hydrogen (secondary N) is 2. The van der Waals surface area contributed by atoms with Gasteiger partial charge in [0.05, 0.1) is 17.6 Å². The van der Waals surface area contributed by atoms with E-state index in [2.05, 4.69) is 31.3 Å². The Morgan fingerprint density at radius 2 is 2.40 bits per heavy atom. The topological polar surface area (TPSA) is 58.5 Å². The van der Waals surface area contributed by atoms with E-state index >= 15 is 0 Å². The highest BCUT2D eigenvalue weighted by Gasteiger charge is 2.26. The zero-order valence-electron chi connectivity index (χ0n) is 8.57. The van der Waals surface area contributed by atoms with Gasteiger partial charge in [-0.2, -0.15) is 5.10 Å². The zero-order chi connectivity index (χ0) is 10.3. The maximum atomic E-state index is 4.46. The Morgan fingerprint density at radius 3 is 3.07 bits per heavy atom. The van der Waals surface area contributed by atoms with E-state index in [1.165, 1.54) is 12.8 Å². The molecule has 0 bridgehead atoms. The second kappa shape index (κ2) is 3.12. The SMILES string of the molecule is Cc1cn(C2CC2)c(Nc2cn[nH]c2)n1. The lowest BCUT2D eigenvalue weighted by molar-refractivity contribution is 0.750. The van der Waals surface area contributed by atoms with E-state index < -0.39 is 0 Å². The van der Waals surface area contributed by atoms with Crippen molar-refractivity contribution < 1.29 is 0 Å². The third-order valence-electron chi connectivity index (χ3n) is 2.55. The van der Waals surface area contributed by atoms with Crippen LogP contribution in [-0.4, -0.2) is 19.7 Å². The molecule has 2 heterocycles. The number of hydrogen-bond donors (Lipinski definition) is 2. The monoisotopic (exact) mass is 203 g/mol. The minimum atomic E-state index is 0.639. The number of nitrogens with zero attached hydrogens (tertiary/aromatic N) is 3. The van der Waals surface area contributed by atoms with Gasteiger partial charge in [-0.1, -0.05) is 0 Å². The van der Waals surface area contributed by atoms with Crippen LogP contribution in [-0.2, 0) is 0 Å². The maximum absolute atomic E-state index is 4.46. The van der Waals surface area contributed by atoms with Crippen LogP contribution < -0.4 is 5.32 Å². The van der Waals surface area contributed by atoms with Gasteiger partial charge in [0, 0.05) is 18.4 Å². The summed E-state index contributed by atoms with van der Waals surface area (Å²) in [5.74, 6) is 0.913. The van der Waals surface area contributed by atoms with Gasteiger partial charge in [0.1, 0.15) is 0 Å². The number of aromatic nitrogens is 4. The van der Waals surface area contributed by atoms with Crippen molar-refractivity contribution in [2.24, 2.45) is 0 Å². The minimum absolute atomic E-state index is 0.639.